The Hall–Kier alpha value is -2.28. The number of carbonyl (C=O) groups is 2. The summed E-state index contributed by atoms with van der Waals surface area (Å²) in [4.78, 5) is 26.3. The summed E-state index contributed by atoms with van der Waals surface area (Å²) in [5.41, 5.74) is 1.27. The number of hydrogen-bond donors (Lipinski definition) is 1. The fraction of sp³-hybridized carbons (Fsp3) is 0.429. The number of carbonyl (C=O) groups excluding carboxylic acids is 2. The van der Waals surface area contributed by atoms with E-state index in [1.165, 1.54) is 5.56 Å². The van der Waals surface area contributed by atoms with E-state index < -0.39 is 0 Å². The summed E-state index contributed by atoms with van der Waals surface area (Å²) in [5.74, 6) is 0.728. The van der Waals surface area contributed by atoms with Crippen molar-refractivity contribution in [1.29, 1.82) is 0 Å². The number of benzene rings is 1. The molecule has 1 saturated heterocycles. The molecule has 2 heterocycles. The molecule has 2 amide bonds. The van der Waals surface area contributed by atoms with Crippen molar-refractivity contribution in [3.63, 3.8) is 0 Å². The lowest BCUT2D eigenvalue weighted by Gasteiger charge is -2.32. The highest BCUT2D eigenvalue weighted by Crippen LogP contribution is 2.17. The third-order valence-corrected chi connectivity index (χ3v) is 5.23. The number of hydrogen-bond acceptors (Lipinski definition) is 4. The van der Waals surface area contributed by atoms with Crippen LogP contribution >= 0.6 is 15.9 Å². The molecule has 6 nitrogen and oxygen atoms in total. The van der Waals surface area contributed by atoms with Crippen molar-refractivity contribution >= 4 is 27.7 Å². The average Bonchev–Trinajstić information content (AvgIpc) is 3.14. The van der Waals surface area contributed by atoms with Gasteiger partial charge < -0.3 is 19.4 Å². The van der Waals surface area contributed by atoms with Crippen molar-refractivity contribution in [3.05, 3.63) is 52.4 Å². The van der Waals surface area contributed by atoms with Gasteiger partial charge in [0.15, 0.2) is 17.0 Å². The number of nitrogens with zero attached hydrogens (tertiary/aromatic N) is 1. The van der Waals surface area contributed by atoms with Crippen molar-refractivity contribution < 1.29 is 18.7 Å². The van der Waals surface area contributed by atoms with Crippen LogP contribution in [0.25, 0.3) is 0 Å². The highest BCUT2D eigenvalue weighted by Gasteiger charge is 2.25. The van der Waals surface area contributed by atoms with Gasteiger partial charge in [-0.3, -0.25) is 9.59 Å². The van der Waals surface area contributed by atoms with Gasteiger partial charge in [-0.1, -0.05) is 25.5 Å². The lowest BCUT2D eigenvalue weighted by Crippen LogP contribution is -2.47. The van der Waals surface area contributed by atoms with Gasteiger partial charge in [0.2, 0.25) is 0 Å². The average molecular weight is 449 g/mol. The van der Waals surface area contributed by atoms with Gasteiger partial charge in [-0.25, -0.2) is 0 Å². The van der Waals surface area contributed by atoms with Gasteiger partial charge in [0.05, 0.1) is 0 Å². The molecule has 1 aliphatic heterocycles. The summed E-state index contributed by atoms with van der Waals surface area (Å²) in [6, 6.07) is 11.2. The Labute approximate surface area is 173 Å². The molecule has 150 valence electrons. The van der Waals surface area contributed by atoms with Crippen LogP contribution in [0.4, 0.5) is 0 Å². The first-order valence-corrected chi connectivity index (χ1v) is 10.4. The number of likely N-dealkylation sites (tertiary alicyclic amines) is 1. The summed E-state index contributed by atoms with van der Waals surface area (Å²) in [7, 11) is 0. The van der Waals surface area contributed by atoms with Gasteiger partial charge in [0, 0.05) is 19.1 Å². The van der Waals surface area contributed by atoms with Crippen LogP contribution in [0.5, 0.6) is 5.75 Å². The van der Waals surface area contributed by atoms with Gasteiger partial charge in [0.25, 0.3) is 11.8 Å². The van der Waals surface area contributed by atoms with E-state index in [1.54, 1.807) is 17.0 Å². The van der Waals surface area contributed by atoms with Gasteiger partial charge >= 0.3 is 0 Å². The van der Waals surface area contributed by atoms with Crippen molar-refractivity contribution in [1.82, 2.24) is 10.2 Å². The molecule has 1 fully saturated rings. The predicted molar refractivity (Wildman–Crippen MR) is 109 cm³/mol. The minimum Gasteiger partial charge on any atom is -0.484 e. The zero-order valence-corrected chi connectivity index (χ0v) is 17.5. The van der Waals surface area contributed by atoms with Gasteiger partial charge in [-0.15, -0.1) is 0 Å². The monoisotopic (exact) mass is 448 g/mol. The molecule has 0 saturated carbocycles. The summed E-state index contributed by atoms with van der Waals surface area (Å²) >= 11 is 3.19. The third-order valence-electron chi connectivity index (χ3n) is 4.80. The highest BCUT2D eigenvalue weighted by molar-refractivity contribution is 9.10. The second-order valence-electron chi connectivity index (χ2n) is 6.91. The fourth-order valence-electron chi connectivity index (χ4n) is 3.24. The summed E-state index contributed by atoms with van der Waals surface area (Å²) in [6.45, 7) is 3.38. The van der Waals surface area contributed by atoms with Crippen LogP contribution in [0, 0.1) is 0 Å². The first kappa shape index (κ1) is 20.5. The van der Waals surface area contributed by atoms with E-state index in [1.807, 2.05) is 24.3 Å². The molecule has 3 rings (SSSR count). The zero-order valence-electron chi connectivity index (χ0n) is 15.9. The molecule has 0 spiro atoms. The summed E-state index contributed by atoms with van der Waals surface area (Å²) in [6.07, 6.45) is 3.58. The molecule has 1 aliphatic rings. The standard InChI is InChI=1S/C21H25BrN2O4/c1-2-3-15-4-6-17(7-5-15)27-14-20(25)24-12-10-16(11-13-24)23-21(26)18-8-9-19(22)28-18/h4-9,16H,2-3,10-14H2,1H3,(H,23,26). The Balaban J connectivity index is 1.40. The van der Waals surface area contributed by atoms with Crippen molar-refractivity contribution in [2.24, 2.45) is 0 Å². The Bertz CT molecular complexity index is 795. The molecule has 0 atom stereocenters. The number of piperidine rings is 1. The second kappa shape index (κ2) is 9.78. The quantitative estimate of drug-likeness (QED) is 0.698. The van der Waals surface area contributed by atoms with E-state index in [0.29, 0.717) is 36.4 Å². The molecule has 1 N–H and O–H groups in total. The third kappa shape index (κ3) is 5.61. The summed E-state index contributed by atoms with van der Waals surface area (Å²) < 4.78 is 11.4. The van der Waals surface area contributed by atoms with Crippen LogP contribution in [-0.4, -0.2) is 42.5 Å². The van der Waals surface area contributed by atoms with Crippen molar-refractivity contribution in [3.8, 4) is 5.75 Å². The van der Waals surface area contributed by atoms with E-state index >= 15 is 0 Å². The molecule has 1 aromatic carbocycles. The molecule has 1 aromatic heterocycles. The molecular formula is C21H25BrN2O4. The maximum absolute atomic E-state index is 12.4. The number of amides is 2. The first-order chi connectivity index (χ1) is 13.5. The maximum Gasteiger partial charge on any atom is 0.287 e. The number of furan rings is 1. The van der Waals surface area contributed by atoms with Crippen LogP contribution in [0.1, 0.15) is 42.3 Å². The molecule has 0 bridgehead atoms. The Morgan fingerprint density at radius 3 is 2.50 bits per heavy atom. The predicted octanol–water partition coefficient (Wildman–Crippen LogP) is 3.79. The van der Waals surface area contributed by atoms with Crippen LogP contribution < -0.4 is 10.1 Å². The lowest BCUT2D eigenvalue weighted by atomic mass is 10.0. The van der Waals surface area contributed by atoms with Gasteiger partial charge in [-0.2, -0.15) is 0 Å². The lowest BCUT2D eigenvalue weighted by molar-refractivity contribution is -0.134. The Morgan fingerprint density at radius 1 is 1.18 bits per heavy atom. The number of aryl methyl sites for hydroxylation is 1. The minimum atomic E-state index is -0.231. The minimum absolute atomic E-state index is 0.0302. The number of nitrogens with one attached hydrogen (secondary N) is 1. The van der Waals surface area contributed by atoms with Crippen LogP contribution in [0.15, 0.2) is 45.5 Å². The number of halogens is 1. The molecule has 0 radical (unpaired) electrons. The first-order valence-electron chi connectivity index (χ1n) is 9.61. The normalized spacial score (nSPS) is 14.7. The fourth-order valence-corrected chi connectivity index (χ4v) is 3.55. The van der Waals surface area contributed by atoms with E-state index in [4.69, 9.17) is 9.15 Å². The van der Waals surface area contributed by atoms with Crippen LogP contribution in [0.2, 0.25) is 0 Å². The zero-order chi connectivity index (χ0) is 19.9. The maximum atomic E-state index is 12.4. The smallest absolute Gasteiger partial charge is 0.287 e. The second-order valence-corrected chi connectivity index (χ2v) is 7.70. The molecule has 28 heavy (non-hydrogen) atoms. The van der Waals surface area contributed by atoms with Crippen molar-refractivity contribution in [2.45, 2.75) is 38.6 Å². The van der Waals surface area contributed by atoms with E-state index in [-0.39, 0.29) is 30.2 Å². The van der Waals surface area contributed by atoms with E-state index in [0.717, 1.165) is 12.8 Å². The van der Waals surface area contributed by atoms with Crippen LogP contribution in [0.3, 0.4) is 0 Å². The molecule has 2 aromatic rings. The Morgan fingerprint density at radius 2 is 1.89 bits per heavy atom. The molecule has 0 unspecified atom stereocenters. The number of rotatable bonds is 7. The van der Waals surface area contributed by atoms with Gasteiger partial charge in [0.1, 0.15) is 5.75 Å². The van der Waals surface area contributed by atoms with Crippen LogP contribution in [-0.2, 0) is 11.2 Å². The molecule has 7 heteroatoms. The molecular weight excluding hydrogens is 424 g/mol. The number of ether oxygens (including phenoxy) is 1. The Kier molecular flexibility index (Phi) is 7.14. The van der Waals surface area contributed by atoms with E-state index in [9.17, 15) is 9.59 Å². The highest BCUT2D eigenvalue weighted by atomic mass is 79.9. The van der Waals surface area contributed by atoms with Gasteiger partial charge in [-0.05, 0) is 65.0 Å². The molecule has 0 aliphatic carbocycles. The SMILES string of the molecule is CCCc1ccc(OCC(=O)N2CCC(NC(=O)c3ccc(Br)o3)CC2)cc1. The largest absolute Gasteiger partial charge is 0.484 e. The summed E-state index contributed by atoms with van der Waals surface area (Å²) in [5, 5.41) is 2.96. The van der Waals surface area contributed by atoms with Crippen molar-refractivity contribution in [2.75, 3.05) is 19.7 Å². The van der Waals surface area contributed by atoms with E-state index in [2.05, 4.69) is 28.2 Å². The topological polar surface area (TPSA) is 71.8 Å².